The van der Waals surface area contributed by atoms with E-state index in [9.17, 15) is 4.79 Å². The molecule has 0 saturated carbocycles. The Balaban J connectivity index is 2.51. The summed E-state index contributed by atoms with van der Waals surface area (Å²) < 4.78 is 4.39. The molecule has 1 saturated heterocycles. The SMILES string of the molecule is C[C@@H]1C[C@@H](O)OC1=O. The van der Waals surface area contributed by atoms with Gasteiger partial charge < -0.3 is 9.84 Å². The van der Waals surface area contributed by atoms with Crippen molar-refractivity contribution in [3.05, 3.63) is 0 Å². The number of rotatable bonds is 0. The zero-order valence-corrected chi connectivity index (χ0v) is 4.63. The molecule has 1 rings (SSSR count). The number of aliphatic hydroxyl groups excluding tert-OH is 1. The van der Waals surface area contributed by atoms with Gasteiger partial charge in [0.05, 0.1) is 5.92 Å². The summed E-state index contributed by atoms with van der Waals surface area (Å²) in [5.41, 5.74) is 0. The van der Waals surface area contributed by atoms with E-state index in [0.717, 1.165) is 0 Å². The van der Waals surface area contributed by atoms with Crippen molar-refractivity contribution in [2.24, 2.45) is 5.92 Å². The molecule has 1 N–H and O–H groups in total. The Morgan fingerprint density at radius 2 is 2.50 bits per heavy atom. The van der Waals surface area contributed by atoms with Crippen LogP contribution in [-0.2, 0) is 9.53 Å². The molecule has 2 atom stereocenters. The van der Waals surface area contributed by atoms with Gasteiger partial charge in [0.1, 0.15) is 0 Å². The minimum Gasteiger partial charge on any atom is -0.436 e. The van der Waals surface area contributed by atoms with E-state index < -0.39 is 6.29 Å². The minimum atomic E-state index is -0.850. The summed E-state index contributed by atoms with van der Waals surface area (Å²) in [5, 5.41) is 8.63. The van der Waals surface area contributed by atoms with Gasteiger partial charge in [-0.15, -0.1) is 0 Å². The van der Waals surface area contributed by atoms with Crippen molar-refractivity contribution in [3.8, 4) is 0 Å². The maximum atomic E-state index is 10.4. The summed E-state index contributed by atoms with van der Waals surface area (Å²) in [6, 6.07) is 0. The third-order valence-corrected chi connectivity index (χ3v) is 1.21. The largest absolute Gasteiger partial charge is 0.436 e. The molecule has 3 nitrogen and oxygen atoms in total. The van der Waals surface area contributed by atoms with Gasteiger partial charge in [0.25, 0.3) is 0 Å². The summed E-state index contributed by atoms with van der Waals surface area (Å²) in [5.74, 6) is -0.414. The fourth-order valence-electron chi connectivity index (χ4n) is 0.697. The number of carbonyl (C=O) groups excluding carboxylic acids is 1. The fraction of sp³-hybridized carbons (Fsp3) is 0.800. The third-order valence-electron chi connectivity index (χ3n) is 1.21. The summed E-state index contributed by atoms with van der Waals surface area (Å²) in [4.78, 5) is 10.4. The molecule has 1 heterocycles. The fourth-order valence-corrected chi connectivity index (χ4v) is 0.697. The van der Waals surface area contributed by atoms with Crippen LogP contribution in [-0.4, -0.2) is 17.4 Å². The van der Waals surface area contributed by atoms with Gasteiger partial charge in [0.2, 0.25) is 6.29 Å². The van der Waals surface area contributed by atoms with Crippen LogP contribution in [0.2, 0.25) is 0 Å². The van der Waals surface area contributed by atoms with Gasteiger partial charge >= 0.3 is 5.97 Å². The normalized spacial score (nSPS) is 37.5. The lowest BCUT2D eigenvalue weighted by molar-refractivity contribution is -0.155. The Morgan fingerprint density at radius 1 is 1.88 bits per heavy atom. The van der Waals surface area contributed by atoms with E-state index in [1.165, 1.54) is 0 Å². The highest BCUT2D eigenvalue weighted by Gasteiger charge is 2.28. The summed E-state index contributed by atoms with van der Waals surface area (Å²) >= 11 is 0. The van der Waals surface area contributed by atoms with Crippen LogP contribution in [0.3, 0.4) is 0 Å². The highest BCUT2D eigenvalue weighted by atomic mass is 16.6. The zero-order valence-electron chi connectivity index (χ0n) is 4.63. The molecule has 46 valence electrons. The quantitative estimate of drug-likeness (QED) is 0.449. The second-order valence-corrected chi connectivity index (χ2v) is 2.03. The van der Waals surface area contributed by atoms with Crippen molar-refractivity contribution in [2.45, 2.75) is 19.6 Å². The smallest absolute Gasteiger partial charge is 0.311 e. The van der Waals surface area contributed by atoms with Crippen LogP contribution in [0.15, 0.2) is 0 Å². The number of ether oxygens (including phenoxy) is 1. The summed E-state index contributed by atoms with van der Waals surface area (Å²) in [6.45, 7) is 1.73. The van der Waals surface area contributed by atoms with E-state index in [1.54, 1.807) is 6.92 Å². The summed E-state index contributed by atoms with van der Waals surface area (Å²) in [6.07, 6.45) is -0.406. The van der Waals surface area contributed by atoms with Gasteiger partial charge in [-0.05, 0) is 0 Å². The van der Waals surface area contributed by atoms with E-state index in [1.807, 2.05) is 0 Å². The number of cyclic esters (lactones) is 1. The lowest BCUT2D eigenvalue weighted by Crippen LogP contribution is -2.04. The van der Waals surface area contributed by atoms with E-state index in [2.05, 4.69) is 4.74 Å². The highest BCUT2D eigenvalue weighted by Crippen LogP contribution is 2.17. The average molecular weight is 116 g/mol. The number of aliphatic hydroxyl groups is 1. The molecule has 0 aliphatic carbocycles. The van der Waals surface area contributed by atoms with Gasteiger partial charge in [-0.3, -0.25) is 4.79 Å². The molecule has 0 bridgehead atoms. The van der Waals surface area contributed by atoms with Crippen LogP contribution < -0.4 is 0 Å². The van der Waals surface area contributed by atoms with Gasteiger partial charge in [-0.25, -0.2) is 0 Å². The second kappa shape index (κ2) is 1.74. The first kappa shape index (κ1) is 5.56. The van der Waals surface area contributed by atoms with E-state index in [-0.39, 0.29) is 11.9 Å². The molecule has 0 radical (unpaired) electrons. The first-order valence-corrected chi connectivity index (χ1v) is 2.58. The van der Waals surface area contributed by atoms with Crippen LogP contribution in [0.1, 0.15) is 13.3 Å². The van der Waals surface area contributed by atoms with Gasteiger partial charge in [0.15, 0.2) is 0 Å². The molecular formula is C5H8O3. The van der Waals surface area contributed by atoms with E-state index in [4.69, 9.17) is 5.11 Å². The second-order valence-electron chi connectivity index (χ2n) is 2.03. The molecule has 0 aromatic heterocycles. The molecule has 0 spiro atoms. The predicted molar refractivity (Wildman–Crippen MR) is 25.9 cm³/mol. The molecule has 1 aliphatic heterocycles. The van der Waals surface area contributed by atoms with Crippen molar-refractivity contribution in [1.29, 1.82) is 0 Å². The lowest BCUT2D eigenvalue weighted by atomic mass is 10.1. The van der Waals surface area contributed by atoms with E-state index >= 15 is 0 Å². The Morgan fingerprint density at radius 3 is 2.62 bits per heavy atom. The van der Waals surface area contributed by atoms with Crippen molar-refractivity contribution in [1.82, 2.24) is 0 Å². The molecule has 0 aromatic carbocycles. The molecule has 0 amide bonds. The standard InChI is InChI=1S/C5H8O3/c1-3-2-4(6)8-5(3)7/h3-4,6H,2H2,1H3/t3-,4+/m1/s1. The van der Waals surface area contributed by atoms with Crippen LogP contribution in [0.4, 0.5) is 0 Å². The van der Waals surface area contributed by atoms with Crippen molar-refractivity contribution >= 4 is 5.97 Å². The highest BCUT2D eigenvalue weighted by molar-refractivity contribution is 5.73. The zero-order chi connectivity index (χ0) is 6.15. The van der Waals surface area contributed by atoms with Crippen molar-refractivity contribution in [3.63, 3.8) is 0 Å². The molecule has 0 unspecified atom stereocenters. The maximum Gasteiger partial charge on any atom is 0.311 e. The average Bonchev–Trinajstić information content (AvgIpc) is 1.85. The monoisotopic (exact) mass is 116 g/mol. The Labute approximate surface area is 47.3 Å². The third kappa shape index (κ3) is 0.816. The number of hydrogen-bond donors (Lipinski definition) is 1. The van der Waals surface area contributed by atoms with Gasteiger partial charge in [-0.2, -0.15) is 0 Å². The van der Waals surface area contributed by atoms with Crippen molar-refractivity contribution < 1.29 is 14.6 Å². The van der Waals surface area contributed by atoms with Crippen LogP contribution in [0.25, 0.3) is 0 Å². The molecule has 3 heteroatoms. The molecule has 1 fully saturated rings. The number of carbonyl (C=O) groups is 1. The minimum absolute atomic E-state index is 0.120. The lowest BCUT2D eigenvalue weighted by Gasteiger charge is -1.94. The van der Waals surface area contributed by atoms with Crippen molar-refractivity contribution in [2.75, 3.05) is 0 Å². The Kier molecular flexibility index (Phi) is 1.21. The maximum absolute atomic E-state index is 10.4. The van der Waals surface area contributed by atoms with E-state index in [0.29, 0.717) is 6.42 Å². The predicted octanol–water partition coefficient (Wildman–Crippen LogP) is -0.112. The van der Waals surface area contributed by atoms with Crippen LogP contribution >= 0.6 is 0 Å². The Bertz CT molecular complexity index is 110. The Hall–Kier alpha value is -0.570. The van der Waals surface area contributed by atoms with Gasteiger partial charge in [-0.1, -0.05) is 6.92 Å². The molecule has 8 heavy (non-hydrogen) atoms. The number of hydrogen-bond acceptors (Lipinski definition) is 3. The van der Waals surface area contributed by atoms with Crippen LogP contribution in [0, 0.1) is 5.92 Å². The summed E-state index contributed by atoms with van der Waals surface area (Å²) in [7, 11) is 0. The first-order valence-electron chi connectivity index (χ1n) is 2.58. The molecular weight excluding hydrogens is 108 g/mol. The molecule has 0 aromatic rings. The number of esters is 1. The topological polar surface area (TPSA) is 46.5 Å². The van der Waals surface area contributed by atoms with Gasteiger partial charge in [0, 0.05) is 6.42 Å². The molecule has 1 aliphatic rings. The van der Waals surface area contributed by atoms with Crippen LogP contribution in [0.5, 0.6) is 0 Å². The first-order chi connectivity index (χ1) is 3.70.